The zero-order valence-electron chi connectivity index (χ0n) is 11.6. The summed E-state index contributed by atoms with van der Waals surface area (Å²) in [5, 5.41) is 21.0. The topological polar surface area (TPSA) is 56.5 Å². The Labute approximate surface area is 114 Å². The number of hydroxylamine groups is 2. The van der Waals surface area contributed by atoms with Crippen molar-refractivity contribution in [2.24, 2.45) is 0 Å². The molecule has 1 N–H and O–H groups in total. The van der Waals surface area contributed by atoms with Crippen LogP contribution in [0.5, 0.6) is 0 Å². The number of rotatable bonds is 2. The van der Waals surface area contributed by atoms with E-state index in [1.165, 1.54) is 0 Å². The Morgan fingerprint density at radius 3 is 2.53 bits per heavy atom. The van der Waals surface area contributed by atoms with Crippen LogP contribution in [0.25, 0.3) is 0 Å². The molecule has 0 bridgehead atoms. The van der Waals surface area contributed by atoms with Gasteiger partial charge in [-0.15, -0.1) is 0 Å². The van der Waals surface area contributed by atoms with Crippen LogP contribution in [0.15, 0.2) is 30.3 Å². The Kier molecular flexibility index (Phi) is 3.64. The molecule has 4 nitrogen and oxygen atoms in total. The van der Waals surface area contributed by atoms with Crippen molar-refractivity contribution >= 4 is 0 Å². The molecular weight excluding hydrogens is 240 g/mol. The summed E-state index contributed by atoms with van der Waals surface area (Å²) in [7, 11) is 0. The Balaban J connectivity index is 2.43. The SMILES string of the molecule is CC(C)(C)O[C@H]1CCN(O)[C@]1(C#N)c1ccccc1. The molecular formula is C15H20N2O2. The van der Waals surface area contributed by atoms with E-state index in [-0.39, 0.29) is 11.7 Å². The highest BCUT2D eigenvalue weighted by Crippen LogP contribution is 2.40. The van der Waals surface area contributed by atoms with E-state index in [4.69, 9.17) is 4.74 Å². The molecule has 1 aliphatic rings. The van der Waals surface area contributed by atoms with Crippen LogP contribution in [0.1, 0.15) is 32.8 Å². The maximum absolute atomic E-state index is 10.2. The fraction of sp³-hybridized carbons (Fsp3) is 0.533. The van der Waals surface area contributed by atoms with Crippen molar-refractivity contribution in [2.45, 2.75) is 44.4 Å². The van der Waals surface area contributed by atoms with Crippen molar-refractivity contribution in [3.63, 3.8) is 0 Å². The van der Waals surface area contributed by atoms with Crippen molar-refractivity contribution in [3.8, 4) is 6.07 Å². The summed E-state index contributed by atoms with van der Waals surface area (Å²) < 4.78 is 6.01. The fourth-order valence-electron chi connectivity index (χ4n) is 2.58. The lowest BCUT2D eigenvalue weighted by Gasteiger charge is -2.36. The van der Waals surface area contributed by atoms with E-state index in [0.717, 1.165) is 10.6 Å². The molecule has 1 heterocycles. The Hall–Kier alpha value is -1.41. The molecule has 0 unspecified atom stereocenters. The first kappa shape index (κ1) is 14.0. The summed E-state index contributed by atoms with van der Waals surface area (Å²) in [6, 6.07) is 11.6. The molecule has 0 spiro atoms. The third kappa shape index (κ3) is 2.50. The van der Waals surface area contributed by atoms with Gasteiger partial charge in [0.25, 0.3) is 0 Å². The van der Waals surface area contributed by atoms with Gasteiger partial charge < -0.3 is 9.94 Å². The van der Waals surface area contributed by atoms with E-state index < -0.39 is 5.54 Å². The summed E-state index contributed by atoms with van der Waals surface area (Å²) in [6.45, 7) is 6.31. The predicted octanol–water partition coefficient (Wildman–Crippen LogP) is 2.68. The smallest absolute Gasteiger partial charge is 0.183 e. The van der Waals surface area contributed by atoms with Gasteiger partial charge in [0.2, 0.25) is 0 Å². The summed E-state index contributed by atoms with van der Waals surface area (Å²) in [6.07, 6.45) is 0.292. The molecule has 1 aromatic rings. The van der Waals surface area contributed by atoms with Gasteiger partial charge in [-0.2, -0.15) is 10.3 Å². The van der Waals surface area contributed by atoms with E-state index in [1.807, 2.05) is 51.1 Å². The van der Waals surface area contributed by atoms with Crippen LogP contribution in [0.4, 0.5) is 0 Å². The number of benzene rings is 1. The van der Waals surface area contributed by atoms with Crippen molar-refractivity contribution in [3.05, 3.63) is 35.9 Å². The van der Waals surface area contributed by atoms with Gasteiger partial charge in [0.1, 0.15) is 0 Å². The molecule has 102 valence electrons. The number of ether oxygens (including phenoxy) is 1. The van der Waals surface area contributed by atoms with Crippen molar-refractivity contribution in [1.29, 1.82) is 5.26 Å². The summed E-state index contributed by atoms with van der Waals surface area (Å²) in [4.78, 5) is 0. The van der Waals surface area contributed by atoms with E-state index in [2.05, 4.69) is 6.07 Å². The minimum Gasteiger partial charge on any atom is -0.369 e. The zero-order chi connectivity index (χ0) is 14.1. The zero-order valence-corrected chi connectivity index (χ0v) is 11.6. The molecule has 0 saturated carbocycles. The molecule has 1 fully saturated rings. The normalized spacial score (nSPS) is 28.3. The van der Waals surface area contributed by atoms with E-state index in [9.17, 15) is 10.5 Å². The molecule has 1 aliphatic heterocycles. The molecule has 2 rings (SSSR count). The van der Waals surface area contributed by atoms with Crippen LogP contribution in [-0.2, 0) is 10.3 Å². The van der Waals surface area contributed by atoms with Gasteiger partial charge in [-0.05, 0) is 32.8 Å². The third-order valence-electron chi connectivity index (χ3n) is 3.36. The quantitative estimate of drug-likeness (QED) is 0.888. The molecule has 0 aromatic heterocycles. The first-order chi connectivity index (χ1) is 8.90. The highest BCUT2D eigenvalue weighted by Gasteiger charge is 2.52. The lowest BCUT2D eigenvalue weighted by Crippen LogP contribution is -2.48. The van der Waals surface area contributed by atoms with Crippen molar-refractivity contribution in [2.75, 3.05) is 6.54 Å². The fourth-order valence-corrected chi connectivity index (χ4v) is 2.58. The maximum Gasteiger partial charge on any atom is 0.183 e. The first-order valence-electron chi connectivity index (χ1n) is 6.51. The molecule has 2 atom stereocenters. The van der Waals surface area contributed by atoms with Gasteiger partial charge >= 0.3 is 0 Å². The summed E-state index contributed by atoms with van der Waals surface area (Å²) in [5.74, 6) is 0. The number of hydrogen-bond acceptors (Lipinski definition) is 4. The molecule has 0 amide bonds. The van der Waals surface area contributed by atoms with Crippen LogP contribution < -0.4 is 0 Å². The molecule has 19 heavy (non-hydrogen) atoms. The van der Waals surface area contributed by atoms with Crippen molar-refractivity contribution in [1.82, 2.24) is 5.06 Å². The lowest BCUT2D eigenvalue weighted by atomic mass is 9.86. The lowest BCUT2D eigenvalue weighted by molar-refractivity contribution is -0.173. The number of nitriles is 1. The maximum atomic E-state index is 10.2. The molecule has 1 aromatic carbocycles. The van der Waals surface area contributed by atoms with Crippen LogP contribution in [0.3, 0.4) is 0 Å². The van der Waals surface area contributed by atoms with Gasteiger partial charge in [-0.3, -0.25) is 0 Å². The van der Waals surface area contributed by atoms with Gasteiger partial charge in [-0.25, -0.2) is 0 Å². The van der Waals surface area contributed by atoms with Crippen LogP contribution in [-0.4, -0.2) is 28.5 Å². The van der Waals surface area contributed by atoms with Crippen LogP contribution >= 0.6 is 0 Å². The standard InChI is InChI=1S/C15H20N2O2/c1-14(2,3)19-13-9-10-17(18)15(13,11-16)12-7-5-4-6-8-12/h4-8,13,18H,9-10H2,1-3H3/t13-,15+/m0/s1. The molecule has 0 aliphatic carbocycles. The summed E-state index contributed by atoms with van der Waals surface area (Å²) >= 11 is 0. The largest absolute Gasteiger partial charge is 0.369 e. The first-order valence-corrected chi connectivity index (χ1v) is 6.51. The Morgan fingerprint density at radius 2 is 2.00 bits per heavy atom. The minimum atomic E-state index is -1.12. The average molecular weight is 260 g/mol. The van der Waals surface area contributed by atoms with Gasteiger partial charge in [-0.1, -0.05) is 30.3 Å². The molecule has 1 saturated heterocycles. The van der Waals surface area contributed by atoms with Crippen LogP contribution in [0, 0.1) is 11.3 Å². The van der Waals surface area contributed by atoms with E-state index >= 15 is 0 Å². The number of nitrogens with zero attached hydrogens (tertiary/aromatic N) is 2. The van der Waals surface area contributed by atoms with Crippen LogP contribution in [0.2, 0.25) is 0 Å². The molecule has 4 heteroatoms. The summed E-state index contributed by atoms with van der Waals surface area (Å²) in [5.41, 5.74) is -0.701. The Bertz CT molecular complexity index is 475. The van der Waals surface area contributed by atoms with E-state index in [0.29, 0.717) is 13.0 Å². The average Bonchev–Trinajstić information content (AvgIpc) is 2.66. The minimum absolute atomic E-state index is 0.343. The second-order valence-electron chi connectivity index (χ2n) is 5.87. The number of hydrogen-bond donors (Lipinski definition) is 1. The second kappa shape index (κ2) is 4.93. The highest BCUT2D eigenvalue weighted by molar-refractivity contribution is 5.34. The second-order valence-corrected chi connectivity index (χ2v) is 5.87. The monoisotopic (exact) mass is 260 g/mol. The molecule has 0 radical (unpaired) electrons. The predicted molar refractivity (Wildman–Crippen MR) is 71.5 cm³/mol. The Morgan fingerprint density at radius 1 is 1.37 bits per heavy atom. The van der Waals surface area contributed by atoms with Gasteiger partial charge in [0, 0.05) is 6.54 Å². The third-order valence-corrected chi connectivity index (χ3v) is 3.36. The van der Waals surface area contributed by atoms with Gasteiger partial charge in [0.05, 0.1) is 17.8 Å². The van der Waals surface area contributed by atoms with E-state index in [1.54, 1.807) is 0 Å². The highest BCUT2D eigenvalue weighted by atomic mass is 16.5. The van der Waals surface area contributed by atoms with Gasteiger partial charge in [0.15, 0.2) is 5.54 Å². The van der Waals surface area contributed by atoms with Crippen molar-refractivity contribution < 1.29 is 9.94 Å².